The van der Waals surface area contributed by atoms with Crippen molar-refractivity contribution >= 4 is 17.5 Å². The van der Waals surface area contributed by atoms with Crippen LogP contribution in [0.5, 0.6) is 11.5 Å². The van der Waals surface area contributed by atoms with E-state index in [1.165, 1.54) is 0 Å². The molecule has 1 aliphatic rings. The van der Waals surface area contributed by atoms with Crippen LogP contribution in [0, 0.1) is 6.92 Å². The number of carbonyl (C=O) groups is 2. The van der Waals surface area contributed by atoms with E-state index in [0.717, 1.165) is 29.7 Å². The predicted molar refractivity (Wildman–Crippen MR) is 109 cm³/mol. The quantitative estimate of drug-likeness (QED) is 0.597. The van der Waals surface area contributed by atoms with Gasteiger partial charge < -0.3 is 15.4 Å². The van der Waals surface area contributed by atoms with E-state index in [1.54, 1.807) is 24.4 Å². The number of ether oxygens (including phenoxy) is 1. The average Bonchev–Trinajstić information content (AvgIpc) is 3.19. The fourth-order valence-corrected chi connectivity index (χ4v) is 3.36. The van der Waals surface area contributed by atoms with Crippen molar-refractivity contribution in [3.05, 3.63) is 71.5 Å². The van der Waals surface area contributed by atoms with Gasteiger partial charge in [0.25, 0.3) is 0 Å². The second kappa shape index (κ2) is 8.18. The molecule has 1 heterocycles. The number of hydrogen-bond donors (Lipinski definition) is 3. The summed E-state index contributed by atoms with van der Waals surface area (Å²) in [4.78, 5) is 24.8. The van der Waals surface area contributed by atoms with Crippen molar-refractivity contribution in [2.24, 2.45) is 0 Å². The molecule has 29 heavy (non-hydrogen) atoms. The molecule has 0 bridgehead atoms. The monoisotopic (exact) mass is 390 g/mol. The number of para-hydroxylation sites is 2. The second-order valence-electron chi connectivity index (χ2n) is 7.15. The molecule has 0 saturated carbocycles. The van der Waals surface area contributed by atoms with E-state index in [0.29, 0.717) is 23.6 Å². The molecule has 0 saturated heterocycles. The van der Waals surface area contributed by atoms with Gasteiger partial charge in [-0.3, -0.25) is 14.7 Å². The van der Waals surface area contributed by atoms with Crippen LogP contribution in [0.1, 0.15) is 23.2 Å². The Kier molecular flexibility index (Phi) is 5.29. The average molecular weight is 390 g/mol. The molecule has 7 heteroatoms. The van der Waals surface area contributed by atoms with E-state index in [1.807, 2.05) is 37.3 Å². The lowest BCUT2D eigenvalue weighted by atomic mass is 9.93. The molecule has 4 rings (SSSR count). The molecule has 1 aliphatic carbocycles. The van der Waals surface area contributed by atoms with Crippen LogP contribution in [0.2, 0.25) is 0 Å². The molecule has 148 valence electrons. The molecular weight excluding hydrogens is 368 g/mol. The summed E-state index contributed by atoms with van der Waals surface area (Å²) in [5.41, 5.74) is 3.75. The molecular formula is C22H22N4O3. The van der Waals surface area contributed by atoms with Crippen molar-refractivity contribution in [1.29, 1.82) is 0 Å². The van der Waals surface area contributed by atoms with Gasteiger partial charge in [-0.25, -0.2) is 0 Å². The number of carbonyl (C=O) groups excluding carboxylic acids is 2. The van der Waals surface area contributed by atoms with Gasteiger partial charge in [-0.1, -0.05) is 29.8 Å². The molecule has 3 aromatic rings. The van der Waals surface area contributed by atoms with Crippen LogP contribution in [0.4, 0.5) is 5.69 Å². The van der Waals surface area contributed by atoms with Gasteiger partial charge in [-0.05, 0) is 56.0 Å². The van der Waals surface area contributed by atoms with Crippen LogP contribution in [0.3, 0.4) is 0 Å². The van der Waals surface area contributed by atoms with E-state index in [9.17, 15) is 9.59 Å². The van der Waals surface area contributed by atoms with Crippen LogP contribution < -0.4 is 15.4 Å². The van der Waals surface area contributed by atoms with E-state index in [4.69, 9.17) is 4.74 Å². The molecule has 0 aliphatic heterocycles. The zero-order valence-electron chi connectivity index (χ0n) is 16.1. The van der Waals surface area contributed by atoms with Crippen molar-refractivity contribution in [3.63, 3.8) is 0 Å². The molecule has 0 spiro atoms. The second-order valence-corrected chi connectivity index (χ2v) is 7.15. The van der Waals surface area contributed by atoms with Crippen molar-refractivity contribution in [3.8, 4) is 11.5 Å². The number of aromatic amines is 1. The molecule has 1 atom stereocenters. The summed E-state index contributed by atoms with van der Waals surface area (Å²) in [7, 11) is 0. The fraction of sp³-hybridized carbons (Fsp3) is 0.227. The van der Waals surface area contributed by atoms with Crippen LogP contribution in [0.25, 0.3) is 0 Å². The van der Waals surface area contributed by atoms with Crippen LogP contribution >= 0.6 is 0 Å². The lowest BCUT2D eigenvalue weighted by molar-refractivity contribution is -0.136. The maximum atomic E-state index is 12.4. The highest BCUT2D eigenvalue weighted by Crippen LogP contribution is 2.29. The molecule has 3 N–H and O–H groups in total. The first-order chi connectivity index (χ1) is 14.1. The van der Waals surface area contributed by atoms with Crippen molar-refractivity contribution in [2.45, 2.75) is 32.2 Å². The molecule has 0 unspecified atom stereocenters. The third-order valence-electron chi connectivity index (χ3n) is 4.94. The minimum atomic E-state index is -0.719. The zero-order chi connectivity index (χ0) is 20.2. The zero-order valence-corrected chi connectivity index (χ0v) is 16.1. The van der Waals surface area contributed by atoms with E-state index < -0.39 is 11.8 Å². The lowest BCUT2D eigenvalue weighted by Crippen LogP contribution is -2.44. The number of aryl methyl sites for hydroxylation is 2. The normalized spacial score (nSPS) is 15.3. The van der Waals surface area contributed by atoms with Gasteiger partial charge in [0, 0.05) is 11.7 Å². The number of nitrogens with one attached hydrogen (secondary N) is 3. The Morgan fingerprint density at radius 2 is 1.90 bits per heavy atom. The summed E-state index contributed by atoms with van der Waals surface area (Å²) in [5.74, 6) is -0.256. The molecule has 7 nitrogen and oxygen atoms in total. The minimum absolute atomic E-state index is 0.0857. The number of benzene rings is 2. The van der Waals surface area contributed by atoms with Gasteiger partial charge in [0.2, 0.25) is 0 Å². The molecule has 1 aromatic heterocycles. The topological polar surface area (TPSA) is 96.1 Å². The Morgan fingerprint density at radius 3 is 2.72 bits per heavy atom. The Balaban J connectivity index is 1.39. The fourth-order valence-electron chi connectivity index (χ4n) is 3.36. The van der Waals surface area contributed by atoms with Crippen LogP contribution in [0.15, 0.2) is 54.7 Å². The number of aromatic nitrogens is 2. The maximum absolute atomic E-state index is 12.4. The number of amides is 2. The Morgan fingerprint density at radius 1 is 1.10 bits per heavy atom. The van der Waals surface area contributed by atoms with E-state index in [-0.39, 0.29) is 6.04 Å². The predicted octanol–water partition coefficient (Wildman–Crippen LogP) is 3.12. The Labute approximate surface area is 168 Å². The summed E-state index contributed by atoms with van der Waals surface area (Å²) in [6.07, 6.45) is 4.00. The first-order valence-corrected chi connectivity index (χ1v) is 9.55. The Bertz CT molecular complexity index is 1030. The molecule has 0 fully saturated rings. The largest absolute Gasteiger partial charge is 0.455 e. The molecule has 0 radical (unpaired) electrons. The third kappa shape index (κ3) is 4.45. The van der Waals surface area contributed by atoms with Gasteiger partial charge in [-0.15, -0.1) is 0 Å². The highest BCUT2D eigenvalue weighted by molar-refractivity contribution is 6.39. The minimum Gasteiger partial charge on any atom is -0.455 e. The smallest absolute Gasteiger partial charge is 0.313 e. The van der Waals surface area contributed by atoms with Gasteiger partial charge in [0.15, 0.2) is 5.75 Å². The van der Waals surface area contributed by atoms with E-state index in [2.05, 4.69) is 20.8 Å². The van der Waals surface area contributed by atoms with Gasteiger partial charge in [-0.2, -0.15) is 5.10 Å². The van der Waals surface area contributed by atoms with Crippen molar-refractivity contribution < 1.29 is 14.3 Å². The maximum Gasteiger partial charge on any atom is 0.313 e. The number of rotatable bonds is 4. The summed E-state index contributed by atoms with van der Waals surface area (Å²) < 4.78 is 5.87. The number of hydrogen-bond acceptors (Lipinski definition) is 4. The van der Waals surface area contributed by atoms with Crippen molar-refractivity contribution in [2.75, 3.05) is 5.32 Å². The summed E-state index contributed by atoms with van der Waals surface area (Å²) >= 11 is 0. The number of nitrogens with zero attached hydrogens (tertiary/aromatic N) is 1. The standard InChI is InChI=1S/C22H22N4O3/c1-14-6-9-17(10-7-14)29-20-5-3-2-4-19(20)25-22(28)21(27)24-16-8-11-18-15(12-16)13-23-26-18/h2-7,9-10,13,16H,8,11-12H2,1H3,(H,23,26)(H,24,27)(H,25,28)/t16-/m0/s1. The van der Waals surface area contributed by atoms with Gasteiger partial charge in [0.05, 0.1) is 11.9 Å². The number of H-pyrrole nitrogens is 1. The SMILES string of the molecule is Cc1ccc(Oc2ccccc2NC(=O)C(=O)N[C@H]2CCc3[nH]ncc3C2)cc1. The third-order valence-corrected chi connectivity index (χ3v) is 4.94. The highest BCUT2D eigenvalue weighted by atomic mass is 16.5. The first kappa shape index (κ1) is 18.7. The van der Waals surface area contributed by atoms with Crippen molar-refractivity contribution in [1.82, 2.24) is 15.5 Å². The molecule has 2 amide bonds. The highest BCUT2D eigenvalue weighted by Gasteiger charge is 2.24. The summed E-state index contributed by atoms with van der Waals surface area (Å²) in [5, 5.41) is 12.4. The summed E-state index contributed by atoms with van der Waals surface area (Å²) in [6, 6.07) is 14.5. The summed E-state index contributed by atoms with van der Waals surface area (Å²) in [6.45, 7) is 2.00. The molecule has 2 aromatic carbocycles. The van der Waals surface area contributed by atoms with Gasteiger partial charge >= 0.3 is 11.8 Å². The van der Waals surface area contributed by atoms with Crippen LogP contribution in [-0.2, 0) is 22.4 Å². The van der Waals surface area contributed by atoms with E-state index >= 15 is 0 Å². The van der Waals surface area contributed by atoms with Gasteiger partial charge in [0.1, 0.15) is 5.75 Å². The first-order valence-electron chi connectivity index (χ1n) is 9.55. The lowest BCUT2D eigenvalue weighted by Gasteiger charge is -2.22. The number of fused-ring (bicyclic) bond motifs is 1. The van der Waals surface area contributed by atoms with Crippen LogP contribution in [-0.4, -0.2) is 28.1 Å². The Hall–Kier alpha value is -3.61. The number of anilines is 1.